The average molecular weight is 315 g/mol. The molecule has 3 atom stereocenters. The second-order valence-electron chi connectivity index (χ2n) is 4.94. The van der Waals surface area contributed by atoms with Gasteiger partial charge in [0.15, 0.2) is 0 Å². The van der Waals surface area contributed by atoms with E-state index in [1.807, 2.05) is 19.1 Å². The fraction of sp³-hybridized carbons (Fsp3) is 0.600. The summed E-state index contributed by atoms with van der Waals surface area (Å²) in [7, 11) is 0.818. The summed E-state index contributed by atoms with van der Waals surface area (Å²) in [6, 6.07) is 7.23. The molecule has 2 N–H and O–H groups in total. The highest BCUT2D eigenvalue weighted by Crippen LogP contribution is 2.16. The summed E-state index contributed by atoms with van der Waals surface area (Å²) in [4.78, 5) is 0. The van der Waals surface area contributed by atoms with Gasteiger partial charge in [0.2, 0.25) is 0 Å². The van der Waals surface area contributed by atoms with Gasteiger partial charge in [-0.2, -0.15) is 0 Å². The molecule has 0 saturated heterocycles. The number of benzene rings is 1. The lowest BCUT2D eigenvalue weighted by atomic mass is 10.3. The van der Waals surface area contributed by atoms with Crippen LogP contribution in [0.25, 0.3) is 0 Å². The Kier molecular flexibility index (Phi) is 8.34. The first-order chi connectivity index (χ1) is 10.0. The summed E-state index contributed by atoms with van der Waals surface area (Å²) in [6.07, 6.45) is 1.96. The van der Waals surface area contributed by atoms with Gasteiger partial charge in [0, 0.05) is 28.9 Å². The summed E-state index contributed by atoms with van der Waals surface area (Å²) in [6.45, 7) is 3.38. The molecule has 21 heavy (non-hydrogen) atoms. The van der Waals surface area contributed by atoms with Crippen molar-refractivity contribution < 1.29 is 18.8 Å². The van der Waals surface area contributed by atoms with Gasteiger partial charge in [-0.15, -0.1) is 0 Å². The van der Waals surface area contributed by atoms with Crippen molar-refractivity contribution in [2.24, 2.45) is 0 Å². The third kappa shape index (κ3) is 7.45. The second kappa shape index (κ2) is 9.76. The molecule has 1 aromatic rings. The average Bonchev–Trinajstić information content (AvgIpc) is 2.49. The molecule has 0 heterocycles. The maximum atomic E-state index is 11.2. The van der Waals surface area contributed by atoms with Crippen LogP contribution >= 0.6 is 0 Å². The van der Waals surface area contributed by atoms with Crippen LogP contribution < -0.4 is 14.8 Å². The van der Waals surface area contributed by atoms with E-state index < -0.39 is 16.9 Å². The van der Waals surface area contributed by atoms with Gasteiger partial charge in [0.05, 0.1) is 7.11 Å². The van der Waals surface area contributed by atoms with Crippen molar-refractivity contribution in [2.75, 3.05) is 33.1 Å². The molecule has 0 saturated carbocycles. The van der Waals surface area contributed by atoms with Gasteiger partial charge in [-0.05, 0) is 37.2 Å². The van der Waals surface area contributed by atoms with Crippen LogP contribution in [0.5, 0.6) is 11.5 Å². The molecule has 0 aromatic heterocycles. The van der Waals surface area contributed by atoms with Crippen LogP contribution in [0.3, 0.4) is 0 Å². The second-order valence-corrected chi connectivity index (χ2v) is 6.74. The molecule has 5 nitrogen and oxygen atoms in total. The van der Waals surface area contributed by atoms with Gasteiger partial charge < -0.3 is 19.9 Å². The van der Waals surface area contributed by atoms with E-state index in [9.17, 15) is 9.32 Å². The predicted octanol–water partition coefficient (Wildman–Crippen LogP) is 1.18. The summed E-state index contributed by atoms with van der Waals surface area (Å²) in [5.41, 5.74) is 0. The normalized spacial score (nSPS) is 15.2. The van der Waals surface area contributed by atoms with Crippen LogP contribution in [0.4, 0.5) is 0 Å². The van der Waals surface area contributed by atoms with E-state index in [4.69, 9.17) is 9.47 Å². The van der Waals surface area contributed by atoms with Crippen molar-refractivity contribution in [3.8, 4) is 11.5 Å². The van der Waals surface area contributed by atoms with Crippen molar-refractivity contribution in [3.05, 3.63) is 24.3 Å². The summed E-state index contributed by atoms with van der Waals surface area (Å²) >= 11 is 0. The van der Waals surface area contributed by atoms with Crippen molar-refractivity contribution in [1.29, 1.82) is 0 Å². The summed E-state index contributed by atoms with van der Waals surface area (Å²) < 4.78 is 21.7. The minimum atomic E-state index is -0.793. The minimum Gasteiger partial charge on any atom is -0.497 e. The third-order valence-corrected chi connectivity index (χ3v) is 4.55. The van der Waals surface area contributed by atoms with E-state index in [0.717, 1.165) is 18.7 Å². The van der Waals surface area contributed by atoms with E-state index >= 15 is 0 Å². The van der Waals surface area contributed by atoms with Gasteiger partial charge in [-0.25, -0.2) is 0 Å². The number of aliphatic hydroxyl groups excluding tert-OH is 1. The first-order valence-electron chi connectivity index (χ1n) is 7.00. The minimum absolute atomic E-state index is 0.171. The van der Waals surface area contributed by atoms with E-state index in [-0.39, 0.29) is 11.9 Å². The number of aliphatic hydroxyl groups is 1. The Labute approximate surface area is 129 Å². The molecule has 1 aromatic carbocycles. The van der Waals surface area contributed by atoms with Crippen molar-refractivity contribution >= 4 is 10.8 Å². The van der Waals surface area contributed by atoms with Crippen LogP contribution in [-0.2, 0) is 10.8 Å². The Morgan fingerprint density at radius 1 is 1.29 bits per heavy atom. The third-order valence-electron chi connectivity index (χ3n) is 3.18. The molecule has 0 aliphatic heterocycles. The Bertz CT molecular complexity index is 424. The summed E-state index contributed by atoms with van der Waals surface area (Å²) in [5, 5.41) is 13.1. The fourth-order valence-corrected chi connectivity index (χ4v) is 2.11. The largest absolute Gasteiger partial charge is 0.497 e. The quantitative estimate of drug-likeness (QED) is 0.635. The molecular weight excluding hydrogens is 290 g/mol. The highest BCUT2D eigenvalue weighted by atomic mass is 32.2. The molecule has 6 heteroatoms. The molecule has 0 radical (unpaired) electrons. The SMILES string of the molecule is COc1ccc(OCC(O)CNCCC(C)S(C)=O)cc1. The maximum Gasteiger partial charge on any atom is 0.119 e. The highest BCUT2D eigenvalue weighted by Gasteiger charge is 2.08. The molecule has 0 aliphatic carbocycles. The monoisotopic (exact) mass is 315 g/mol. The molecule has 0 spiro atoms. The van der Waals surface area contributed by atoms with Gasteiger partial charge in [-0.3, -0.25) is 4.21 Å². The summed E-state index contributed by atoms with van der Waals surface area (Å²) in [5.74, 6) is 1.47. The van der Waals surface area contributed by atoms with Gasteiger partial charge in [0.1, 0.15) is 24.2 Å². The van der Waals surface area contributed by atoms with Crippen molar-refractivity contribution in [2.45, 2.75) is 24.7 Å². The lowest BCUT2D eigenvalue weighted by molar-refractivity contribution is 0.106. The number of hydrogen-bond acceptors (Lipinski definition) is 5. The van der Waals surface area contributed by atoms with Gasteiger partial charge >= 0.3 is 0 Å². The van der Waals surface area contributed by atoms with E-state index in [1.165, 1.54) is 0 Å². The number of methoxy groups -OCH3 is 1. The number of rotatable bonds is 10. The van der Waals surface area contributed by atoms with E-state index in [0.29, 0.717) is 12.3 Å². The van der Waals surface area contributed by atoms with Gasteiger partial charge in [0.25, 0.3) is 0 Å². The lowest BCUT2D eigenvalue weighted by Gasteiger charge is -2.14. The lowest BCUT2D eigenvalue weighted by Crippen LogP contribution is -2.33. The first kappa shape index (κ1) is 17.9. The molecule has 0 amide bonds. The zero-order valence-electron chi connectivity index (χ0n) is 12.9. The zero-order valence-corrected chi connectivity index (χ0v) is 13.7. The standard InChI is InChI=1S/C15H25NO4S/c1-12(21(3)18)8-9-16-10-13(17)11-20-15-6-4-14(19-2)5-7-15/h4-7,12-13,16-17H,8-11H2,1-3H3. The van der Waals surface area contributed by atoms with Crippen LogP contribution in [0.15, 0.2) is 24.3 Å². The smallest absolute Gasteiger partial charge is 0.119 e. The first-order valence-corrected chi connectivity index (χ1v) is 8.63. The molecule has 3 unspecified atom stereocenters. The van der Waals surface area contributed by atoms with E-state index in [2.05, 4.69) is 5.32 Å². The molecule has 1 rings (SSSR count). The van der Waals surface area contributed by atoms with Gasteiger partial charge in [-0.1, -0.05) is 6.92 Å². The fourth-order valence-electron chi connectivity index (χ4n) is 1.66. The molecule has 0 aliphatic rings. The Balaban J connectivity index is 2.15. The topological polar surface area (TPSA) is 67.8 Å². The number of ether oxygens (including phenoxy) is 2. The van der Waals surface area contributed by atoms with E-state index in [1.54, 1.807) is 25.5 Å². The van der Waals surface area contributed by atoms with Crippen LogP contribution in [0, 0.1) is 0 Å². The zero-order chi connectivity index (χ0) is 15.7. The predicted molar refractivity (Wildman–Crippen MR) is 85.5 cm³/mol. The van der Waals surface area contributed by atoms with Crippen LogP contribution in [0.2, 0.25) is 0 Å². The highest BCUT2D eigenvalue weighted by molar-refractivity contribution is 7.84. The van der Waals surface area contributed by atoms with Crippen molar-refractivity contribution in [3.63, 3.8) is 0 Å². The number of nitrogens with one attached hydrogen (secondary N) is 1. The Morgan fingerprint density at radius 2 is 1.90 bits per heavy atom. The maximum absolute atomic E-state index is 11.2. The molecule has 120 valence electrons. The van der Waals surface area contributed by atoms with Crippen LogP contribution in [0.1, 0.15) is 13.3 Å². The molecule has 0 fully saturated rings. The van der Waals surface area contributed by atoms with Crippen LogP contribution in [-0.4, -0.2) is 53.7 Å². The number of hydrogen-bond donors (Lipinski definition) is 2. The van der Waals surface area contributed by atoms with Crippen molar-refractivity contribution in [1.82, 2.24) is 5.32 Å². The molecular formula is C15H25NO4S. The Hall–Kier alpha value is -1.11. The molecule has 0 bridgehead atoms. The Morgan fingerprint density at radius 3 is 2.48 bits per heavy atom.